The van der Waals surface area contributed by atoms with E-state index >= 15 is 0 Å². The van der Waals surface area contributed by atoms with Gasteiger partial charge in [-0.2, -0.15) is 0 Å². The van der Waals surface area contributed by atoms with E-state index in [2.05, 4.69) is 32.1 Å². The highest BCUT2D eigenvalue weighted by molar-refractivity contribution is 5.84. The van der Waals surface area contributed by atoms with Gasteiger partial charge in [-0.05, 0) is 35.1 Å². The van der Waals surface area contributed by atoms with Gasteiger partial charge in [0.05, 0.1) is 12.9 Å². The van der Waals surface area contributed by atoms with E-state index in [4.69, 9.17) is 5.11 Å². The van der Waals surface area contributed by atoms with E-state index in [9.17, 15) is 22.8 Å². The van der Waals surface area contributed by atoms with Crippen molar-refractivity contribution in [2.75, 3.05) is 26.2 Å². The number of piperidine rings is 1. The molecular weight excluding hydrogens is 539 g/mol. The number of fused-ring (bicyclic) bond motifs is 2. The van der Waals surface area contributed by atoms with Gasteiger partial charge in [-0.1, -0.05) is 47.9 Å². The summed E-state index contributed by atoms with van der Waals surface area (Å²) in [5.74, 6) is 0.645. The number of carboxylic acids is 1. The van der Waals surface area contributed by atoms with Crippen molar-refractivity contribution in [2.45, 2.75) is 26.0 Å². The average molecular weight is 571 g/mol. The number of carbonyl (C=O) groups is 2. The topological polar surface area (TPSA) is 102 Å². The highest BCUT2D eigenvalue weighted by Gasteiger charge is 2.53. The number of rotatable bonds is 8. The summed E-state index contributed by atoms with van der Waals surface area (Å²) in [5, 5.41) is 12.9. The highest BCUT2D eigenvalue weighted by atomic mass is 19.4. The molecule has 2 fully saturated rings. The molecular formula is C29H31F3N5O4-. The second kappa shape index (κ2) is 11.9. The van der Waals surface area contributed by atoms with Crippen LogP contribution in [0.5, 0.6) is 5.75 Å². The minimum absolute atomic E-state index is 0.0810. The molecule has 2 aliphatic heterocycles. The van der Waals surface area contributed by atoms with E-state index in [0.29, 0.717) is 56.0 Å². The molecule has 1 saturated carbocycles. The third-order valence-electron chi connectivity index (χ3n) is 7.69. The molecule has 1 amide bonds. The number of aryl methyl sites for hydroxylation is 1. The molecule has 2 unspecified atom stereocenters. The summed E-state index contributed by atoms with van der Waals surface area (Å²) in [6.07, 6.45) is -1.79. The van der Waals surface area contributed by atoms with E-state index in [1.54, 1.807) is 23.7 Å². The van der Waals surface area contributed by atoms with Crippen LogP contribution in [-0.2, 0) is 31.5 Å². The third-order valence-corrected chi connectivity index (χ3v) is 7.69. The molecule has 9 nitrogen and oxygen atoms in total. The second-order valence-electron chi connectivity index (χ2n) is 10.7. The standard InChI is InChI=1S/C24H25F3N3O2.C5H6N2O2/c25-24(26,27)32-19-7-3-4-16(8-19)9-28-10-20-21-13-29(14-22(20)21)15-23(31)30-11-17-5-1-2-6-18(17)12-30;1-7-2-4(5(8)9)6-3-7/h1-8,20-22H,9-15H2;2-3H,1H3,(H,8,9)/q-1;. The van der Waals surface area contributed by atoms with Crippen molar-refractivity contribution in [1.29, 1.82) is 0 Å². The van der Waals surface area contributed by atoms with Crippen LogP contribution >= 0.6 is 0 Å². The summed E-state index contributed by atoms with van der Waals surface area (Å²) >= 11 is 0. The van der Waals surface area contributed by atoms with Crippen LogP contribution in [0, 0.1) is 17.8 Å². The lowest BCUT2D eigenvalue weighted by Gasteiger charge is -2.25. The number of carboxylic acid groups (broad SMARTS) is 1. The number of carbonyl (C=O) groups excluding carboxylic acids is 1. The van der Waals surface area contributed by atoms with Gasteiger partial charge in [0.25, 0.3) is 0 Å². The maximum atomic E-state index is 12.7. The lowest BCUT2D eigenvalue weighted by Crippen LogP contribution is -2.38. The molecule has 41 heavy (non-hydrogen) atoms. The maximum Gasteiger partial charge on any atom is 0.573 e. The fourth-order valence-electron chi connectivity index (χ4n) is 5.64. The van der Waals surface area contributed by atoms with E-state index < -0.39 is 12.3 Å². The minimum Gasteiger partial charge on any atom is -0.658 e. The average Bonchev–Trinajstić information content (AvgIpc) is 3.35. The van der Waals surface area contributed by atoms with Crippen LogP contribution in [0.2, 0.25) is 0 Å². The number of likely N-dealkylation sites (tertiary alicyclic amines) is 1. The van der Waals surface area contributed by atoms with Crippen LogP contribution < -0.4 is 4.74 Å². The monoisotopic (exact) mass is 570 g/mol. The molecule has 1 aromatic heterocycles. The number of benzene rings is 2. The van der Waals surface area contributed by atoms with Crippen LogP contribution in [0.4, 0.5) is 13.2 Å². The Labute approximate surface area is 235 Å². The van der Waals surface area contributed by atoms with Crippen molar-refractivity contribution in [3.63, 3.8) is 0 Å². The van der Waals surface area contributed by atoms with Gasteiger partial charge in [0, 0.05) is 39.4 Å². The molecule has 1 N–H and O–H groups in total. The number of halogens is 3. The number of ether oxygens (including phenoxy) is 1. The number of alkyl halides is 3. The van der Waals surface area contributed by atoms with E-state index in [-0.39, 0.29) is 17.4 Å². The molecule has 6 rings (SSSR count). The lowest BCUT2D eigenvalue weighted by atomic mass is 10.1. The lowest BCUT2D eigenvalue weighted by molar-refractivity contribution is -0.274. The van der Waals surface area contributed by atoms with Crippen molar-refractivity contribution >= 4 is 11.9 Å². The number of hydrogen-bond acceptors (Lipinski definition) is 5. The number of imidazole rings is 1. The van der Waals surface area contributed by atoms with Gasteiger partial charge in [0.15, 0.2) is 5.69 Å². The zero-order valence-electron chi connectivity index (χ0n) is 22.5. The first-order valence-electron chi connectivity index (χ1n) is 13.3. The molecule has 218 valence electrons. The zero-order chi connectivity index (χ0) is 29.1. The molecule has 2 aromatic carbocycles. The summed E-state index contributed by atoms with van der Waals surface area (Å²) in [6.45, 7) is 4.81. The number of aromatic nitrogens is 2. The first-order chi connectivity index (χ1) is 19.6. The molecule has 0 bridgehead atoms. The van der Waals surface area contributed by atoms with Gasteiger partial charge in [0.2, 0.25) is 5.91 Å². The van der Waals surface area contributed by atoms with Gasteiger partial charge >= 0.3 is 12.3 Å². The first-order valence-corrected chi connectivity index (χ1v) is 13.3. The minimum atomic E-state index is -4.69. The van der Waals surface area contributed by atoms with Gasteiger partial charge in [-0.15, -0.1) is 26.3 Å². The molecule has 1 aliphatic carbocycles. The maximum absolute atomic E-state index is 12.7. The first kappa shape index (κ1) is 28.6. The predicted molar refractivity (Wildman–Crippen MR) is 143 cm³/mol. The molecule has 0 radical (unpaired) electrons. The van der Waals surface area contributed by atoms with Gasteiger partial charge < -0.3 is 24.6 Å². The molecule has 3 heterocycles. The largest absolute Gasteiger partial charge is 0.658 e. The van der Waals surface area contributed by atoms with Gasteiger partial charge in [-0.3, -0.25) is 9.69 Å². The summed E-state index contributed by atoms with van der Waals surface area (Å²) < 4.78 is 42.6. The Balaban J connectivity index is 0.000000321. The van der Waals surface area contributed by atoms with Crippen LogP contribution in [0.3, 0.4) is 0 Å². The Hall–Kier alpha value is -3.90. The van der Waals surface area contributed by atoms with E-state index in [1.807, 2.05) is 17.0 Å². The molecule has 3 aromatic rings. The highest BCUT2D eigenvalue weighted by Crippen LogP contribution is 2.52. The number of hydrogen-bond donors (Lipinski definition) is 1. The Morgan fingerprint density at radius 2 is 1.76 bits per heavy atom. The zero-order valence-corrected chi connectivity index (χ0v) is 22.5. The molecule has 2 atom stereocenters. The van der Waals surface area contributed by atoms with E-state index in [0.717, 1.165) is 13.1 Å². The van der Waals surface area contributed by atoms with Crippen molar-refractivity contribution in [1.82, 2.24) is 19.4 Å². The molecule has 0 spiro atoms. The fraction of sp³-hybridized carbons (Fsp3) is 0.414. The second-order valence-corrected chi connectivity index (χ2v) is 10.7. The van der Waals surface area contributed by atoms with Gasteiger partial charge in [-0.25, -0.2) is 9.78 Å². The number of amides is 1. The number of nitrogens with zero attached hydrogens (tertiary/aromatic N) is 5. The fourth-order valence-corrected chi connectivity index (χ4v) is 5.64. The van der Waals surface area contributed by atoms with Crippen molar-refractivity contribution in [2.24, 2.45) is 24.8 Å². The van der Waals surface area contributed by atoms with Crippen molar-refractivity contribution in [3.8, 4) is 5.75 Å². The molecule has 12 heteroatoms. The predicted octanol–water partition coefficient (Wildman–Crippen LogP) is 4.30. The summed E-state index contributed by atoms with van der Waals surface area (Å²) in [7, 11) is 1.72. The summed E-state index contributed by atoms with van der Waals surface area (Å²) in [5.41, 5.74) is 3.26. The van der Waals surface area contributed by atoms with Crippen molar-refractivity contribution in [3.05, 3.63) is 88.8 Å². The van der Waals surface area contributed by atoms with E-state index in [1.165, 1.54) is 35.8 Å². The Morgan fingerprint density at radius 3 is 2.32 bits per heavy atom. The van der Waals surface area contributed by atoms with Crippen LogP contribution in [0.1, 0.15) is 27.2 Å². The Morgan fingerprint density at radius 1 is 1.07 bits per heavy atom. The van der Waals surface area contributed by atoms with Crippen LogP contribution in [-0.4, -0.2) is 68.9 Å². The SMILES string of the molecule is Cn1cnc(C(=O)O)c1.O=C(CN1CC2C(C[N-]Cc3cccc(OC(F)(F)F)c3)C2C1)N1Cc2ccccc2C1. The quantitative estimate of drug-likeness (QED) is 0.434. The van der Waals surface area contributed by atoms with Gasteiger partial charge in [0.1, 0.15) is 5.75 Å². The Bertz CT molecular complexity index is 1360. The number of aromatic carboxylic acids is 1. The summed E-state index contributed by atoms with van der Waals surface area (Å²) in [6, 6.07) is 14.2. The molecule has 3 aliphatic rings. The third kappa shape index (κ3) is 7.44. The van der Waals surface area contributed by atoms with Crippen LogP contribution in [0.25, 0.3) is 5.32 Å². The normalized spacial score (nSPS) is 21.1. The Kier molecular flexibility index (Phi) is 8.32. The molecule has 1 saturated heterocycles. The summed E-state index contributed by atoms with van der Waals surface area (Å²) in [4.78, 5) is 30.6. The smallest absolute Gasteiger partial charge is 0.573 e. The van der Waals surface area contributed by atoms with Crippen molar-refractivity contribution < 1.29 is 32.6 Å². The van der Waals surface area contributed by atoms with Crippen LogP contribution in [0.15, 0.2) is 61.1 Å².